The number of carbonyl (C=O) groups is 3. The van der Waals surface area contributed by atoms with Crippen LogP contribution in [0.25, 0.3) is 10.9 Å². The van der Waals surface area contributed by atoms with E-state index >= 15 is 0 Å². The lowest BCUT2D eigenvalue weighted by Gasteiger charge is -2.35. The SMILES string of the molecule is Cc1cccc(N2C(=O)c3ccc(C(=O)N4CCN(c5ccc6ccccc6n5)CC4)cc3C2=O)c1C. The molecule has 0 saturated carbocycles. The molecule has 0 spiro atoms. The molecule has 1 saturated heterocycles. The van der Waals surface area contributed by atoms with Gasteiger partial charge in [0.25, 0.3) is 17.7 Å². The van der Waals surface area contributed by atoms with E-state index in [1.54, 1.807) is 29.2 Å². The molecule has 0 atom stereocenters. The summed E-state index contributed by atoms with van der Waals surface area (Å²) < 4.78 is 0. The van der Waals surface area contributed by atoms with Crippen LogP contribution in [0.4, 0.5) is 11.5 Å². The number of pyridine rings is 1. The molecule has 3 heterocycles. The third-order valence-corrected chi connectivity index (χ3v) is 7.43. The fraction of sp³-hybridized carbons (Fsp3) is 0.200. The summed E-state index contributed by atoms with van der Waals surface area (Å²) in [5, 5.41) is 1.10. The van der Waals surface area contributed by atoms with Gasteiger partial charge in [-0.15, -0.1) is 0 Å². The molecule has 2 aliphatic heterocycles. The van der Waals surface area contributed by atoms with E-state index in [1.807, 2.05) is 56.3 Å². The topological polar surface area (TPSA) is 73.8 Å². The Morgan fingerprint density at radius 1 is 0.784 bits per heavy atom. The molecule has 1 aromatic heterocycles. The predicted molar refractivity (Wildman–Crippen MR) is 143 cm³/mol. The second-order valence-electron chi connectivity index (χ2n) is 9.57. The second kappa shape index (κ2) is 8.85. The fourth-order valence-corrected chi connectivity index (χ4v) is 5.12. The summed E-state index contributed by atoms with van der Waals surface area (Å²) in [6, 6.07) is 22.5. The summed E-state index contributed by atoms with van der Waals surface area (Å²) in [6.07, 6.45) is 0. The largest absolute Gasteiger partial charge is 0.353 e. The van der Waals surface area contributed by atoms with E-state index in [0.29, 0.717) is 43.0 Å². The average molecular weight is 491 g/mol. The van der Waals surface area contributed by atoms with Gasteiger partial charge in [0, 0.05) is 37.1 Å². The van der Waals surface area contributed by atoms with Crippen LogP contribution in [0.15, 0.2) is 72.8 Å². The molecule has 3 aromatic carbocycles. The second-order valence-corrected chi connectivity index (χ2v) is 9.57. The van der Waals surface area contributed by atoms with Crippen molar-refractivity contribution < 1.29 is 14.4 Å². The van der Waals surface area contributed by atoms with Gasteiger partial charge in [0.05, 0.1) is 22.3 Å². The third-order valence-electron chi connectivity index (χ3n) is 7.43. The number of para-hydroxylation sites is 1. The number of aromatic nitrogens is 1. The Labute approximate surface area is 214 Å². The number of fused-ring (bicyclic) bond motifs is 2. The predicted octanol–water partition coefficient (Wildman–Crippen LogP) is 4.61. The maximum atomic E-state index is 13.3. The van der Waals surface area contributed by atoms with Gasteiger partial charge in [-0.25, -0.2) is 9.88 Å². The highest BCUT2D eigenvalue weighted by molar-refractivity contribution is 6.35. The molecule has 0 N–H and O–H groups in total. The zero-order valence-electron chi connectivity index (χ0n) is 20.8. The van der Waals surface area contributed by atoms with Crippen LogP contribution in [0, 0.1) is 13.8 Å². The van der Waals surface area contributed by atoms with Crippen LogP contribution in [0.5, 0.6) is 0 Å². The highest BCUT2D eigenvalue weighted by atomic mass is 16.2. The lowest BCUT2D eigenvalue weighted by molar-refractivity contribution is 0.0746. The van der Waals surface area contributed by atoms with Crippen LogP contribution in [0.3, 0.4) is 0 Å². The van der Waals surface area contributed by atoms with E-state index in [1.165, 1.54) is 4.90 Å². The monoisotopic (exact) mass is 490 g/mol. The van der Waals surface area contributed by atoms with Gasteiger partial charge in [-0.3, -0.25) is 14.4 Å². The normalized spacial score (nSPS) is 15.5. The molecule has 4 aromatic rings. The van der Waals surface area contributed by atoms with Crippen molar-refractivity contribution in [1.29, 1.82) is 0 Å². The number of aryl methyl sites for hydroxylation is 1. The minimum absolute atomic E-state index is 0.139. The van der Waals surface area contributed by atoms with Gasteiger partial charge in [0.2, 0.25) is 0 Å². The molecule has 0 radical (unpaired) electrons. The minimum atomic E-state index is -0.393. The first-order valence-electron chi connectivity index (χ1n) is 12.4. The molecule has 0 unspecified atom stereocenters. The van der Waals surface area contributed by atoms with Gasteiger partial charge >= 0.3 is 0 Å². The van der Waals surface area contributed by atoms with Gasteiger partial charge in [-0.05, 0) is 67.4 Å². The highest BCUT2D eigenvalue weighted by Gasteiger charge is 2.38. The van der Waals surface area contributed by atoms with Crippen molar-refractivity contribution in [2.75, 3.05) is 36.0 Å². The molecular weight excluding hydrogens is 464 g/mol. The van der Waals surface area contributed by atoms with Crippen molar-refractivity contribution in [2.24, 2.45) is 0 Å². The lowest BCUT2D eigenvalue weighted by atomic mass is 10.0. The van der Waals surface area contributed by atoms with Crippen LogP contribution in [0.1, 0.15) is 42.2 Å². The first-order valence-corrected chi connectivity index (χ1v) is 12.4. The molecule has 37 heavy (non-hydrogen) atoms. The van der Waals surface area contributed by atoms with Crippen molar-refractivity contribution in [2.45, 2.75) is 13.8 Å². The maximum Gasteiger partial charge on any atom is 0.266 e. The molecule has 2 aliphatic rings. The van der Waals surface area contributed by atoms with Gasteiger partial charge in [0.15, 0.2) is 0 Å². The average Bonchev–Trinajstić information content (AvgIpc) is 3.18. The quantitative estimate of drug-likeness (QED) is 0.392. The van der Waals surface area contributed by atoms with E-state index in [9.17, 15) is 14.4 Å². The Morgan fingerprint density at radius 3 is 2.35 bits per heavy atom. The summed E-state index contributed by atoms with van der Waals surface area (Å²) in [5.74, 6) is 0.0121. The number of imide groups is 1. The van der Waals surface area contributed by atoms with Crippen molar-refractivity contribution in [3.05, 3.63) is 101 Å². The molecule has 184 valence electrons. The zero-order valence-corrected chi connectivity index (χ0v) is 20.8. The molecule has 0 aliphatic carbocycles. The summed E-state index contributed by atoms with van der Waals surface area (Å²) >= 11 is 0. The molecule has 1 fully saturated rings. The van der Waals surface area contributed by atoms with E-state index in [4.69, 9.17) is 4.98 Å². The number of amides is 3. The Bertz CT molecular complexity index is 1590. The Balaban J connectivity index is 1.19. The van der Waals surface area contributed by atoms with Crippen LogP contribution in [-0.2, 0) is 0 Å². The van der Waals surface area contributed by atoms with Crippen LogP contribution in [0.2, 0.25) is 0 Å². The number of rotatable bonds is 3. The molecule has 0 bridgehead atoms. The Hall–Kier alpha value is -4.52. The summed E-state index contributed by atoms with van der Waals surface area (Å²) in [4.78, 5) is 49.7. The Morgan fingerprint density at radius 2 is 1.54 bits per heavy atom. The van der Waals surface area contributed by atoms with Crippen molar-refractivity contribution in [1.82, 2.24) is 9.88 Å². The molecule has 6 rings (SSSR count). The summed E-state index contributed by atoms with van der Waals surface area (Å²) in [6.45, 7) is 6.28. The standard InChI is InChI=1S/C30H26N4O3/c1-19-6-5-9-26(20(19)2)34-29(36)23-12-10-22(18-24(23)30(34)37)28(35)33-16-14-32(15-17-33)27-13-11-21-7-3-4-8-25(21)31-27/h3-13,18H,14-17H2,1-2H3. The number of hydrogen-bond donors (Lipinski definition) is 0. The number of hydrogen-bond acceptors (Lipinski definition) is 5. The first-order chi connectivity index (χ1) is 17.9. The van der Waals surface area contributed by atoms with Crippen LogP contribution < -0.4 is 9.80 Å². The Kier molecular flexibility index (Phi) is 5.48. The molecule has 3 amide bonds. The van der Waals surface area contributed by atoms with E-state index < -0.39 is 5.91 Å². The zero-order chi connectivity index (χ0) is 25.7. The van der Waals surface area contributed by atoms with E-state index in [0.717, 1.165) is 27.8 Å². The maximum absolute atomic E-state index is 13.3. The fourth-order valence-electron chi connectivity index (χ4n) is 5.12. The molecule has 7 nitrogen and oxygen atoms in total. The molecular formula is C30H26N4O3. The van der Waals surface area contributed by atoms with E-state index in [-0.39, 0.29) is 17.4 Å². The highest BCUT2D eigenvalue weighted by Crippen LogP contribution is 2.32. The van der Waals surface area contributed by atoms with Gasteiger partial charge in [-0.2, -0.15) is 0 Å². The number of anilines is 2. The van der Waals surface area contributed by atoms with Crippen molar-refractivity contribution in [3.63, 3.8) is 0 Å². The van der Waals surface area contributed by atoms with Crippen LogP contribution in [-0.4, -0.2) is 53.8 Å². The first kappa shape index (κ1) is 22.9. The molecule has 7 heteroatoms. The lowest BCUT2D eigenvalue weighted by Crippen LogP contribution is -2.49. The number of nitrogens with zero attached hydrogens (tertiary/aromatic N) is 4. The smallest absolute Gasteiger partial charge is 0.266 e. The number of benzene rings is 3. The van der Waals surface area contributed by atoms with Gasteiger partial charge < -0.3 is 9.80 Å². The summed E-state index contributed by atoms with van der Waals surface area (Å²) in [5.41, 5.74) is 4.43. The van der Waals surface area contributed by atoms with Crippen molar-refractivity contribution >= 4 is 40.1 Å². The van der Waals surface area contributed by atoms with Crippen molar-refractivity contribution in [3.8, 4) is 0 Å². The summed E-state index contributed by atoms with van der Waals surface area (Å²) in [7, 11) is 0. The number of piperazine rings is 1. The van der Waals surface area contributed by atoms with Crippen LogP contribution >= 0.6 is 0 Å². The third kappa shape index (κ3) is 3.83. The van der Waals surface area contributed by atoms with Gasteiger partial charge in [0.1, 0.15) is 5.82 Å². The van der Waals surface area contributed by atoms with E-state index in [2.05, 4.69) is 11.0 Å². The minimum Gasteiger partial charge on any atom is -0.353 e. The van der Waals surface area contributed by atoms with Gasteiger partial charge in [-0.1, -0.05) is 30.3 Å². The number of carbonyl (C=O) groups excluding carboxylic acids is 3.